The molecule has 0 saturated carbocycles. The maximum absolute atomic E-state index is 13.4. The van der Waals surface area contributed by atoms with Gasteiger partial charge in [-0.05, 0) is 26.0 Å². The van der Waals surface area contributed by atoms with Crippen molar-refractivity contribution in [1.82, 2.24) is 24.9 Å². The summed E-state index contributed by atoms with van der Waals surface area (Å²) < 4.78 is 0. The molecule has 166 valence electrons. The van der Waals surface area contributed by atoms with Crippen molar-refractivity contribution in [3.05, 3.63) is 46.7 Å². The Hall–Kier alpha value is -2.87. The zero-order valence-electron chi connectivity index (χ0n) is 18.6. The summed E-state index contributed by atoms with van der Waals surface area (Å²) >= 11 is 0. The molecule has 1 fully saturated rings. The monoisotopic (exact) mass is 425 g/mol. The first kappa shape index (κ1) is 21.4. The lowest BCUT2D eigenvalue weighted by atomic mass is 9.95. The summed E-state index contributed by atoms with van der Waals surface area (Å²) in [6.07, 6.45) is 0. The molecule has 0 spiro atoms. The molecule has 0 aliphatic carbocycles. The number of rotatable bonds is 5. The quantitative estimate of drug-likeness (QED) is 0.773. The van der Waals surface area contributed by atoms with E-state index in [0.29, 0.717) is 37.4 Å². The predicted octanol–water partition coefficient (Wildman–Crippen LogP) is 1.34. The molecule has 1 N–H and O–H groups in total. The number of hydrogen-bond donors (Lipinski definition) is 1. The maximum atomic E-state index is 13.4. The Bertz CT molecular complexity index is 902. The number of carbonyl (C=O) groups excluding carboxylic acids is 3. The minimum absolute atomic E-state index is 0.0295. The molecule has 3 aliphatic heterocycles. The molecule has 4 amide bonds. The third kappa shape index (κ3) is 4.04. The number of aryl methyl sites for hydroxylation is 1. The first-order chi connectivity index (χ1) is 14.9. The van der Waals surface area contributed by atoms with E-state index in [2.05, 4.69) is 17.1 Å². The molecule has 0 aromatic heterocycles. The average molecular weight is 426 g/mol. The zero-order chi connectivity index (χ0) is 22.1. The van der Waals surface area contributed by atoms with Crippen LogP contribution in [0.15, 0.2) is 35.5 Å². The summed E-state index contributed by atoms with van der Waals surface area (Å²) in [6, 6.07) is 7.15. The molecule has 3 heterocycles. The second-order valence-electron chi connectivity index (χ2n) is 8.37. The van der Waals surface area contributed by atoms with Gasteiger partial charge in [0.05, 0.1) is 23.9 Å². The fourth-order valence-corrected chi connectivity index (χ4v) is 4.60. The molecule has 0 bridgehead atoms. The minimum atomic E-state index is -0.494. The fraction of sp³-hybridized carbons (Fsp3) is 0.522. The molecule has 1 unspecified atom stereocenters. The third-order valence-electron chi connectivity index (χ3n) is 6.52. The molecule has 31 heavy (non-hydrogen) atoms. The van der Waals surface area contributed by atoms with Gasteiger partial charge in [0.15, 0.2) is 0 Å². The summed E-state index contributed by atoms with van der Waals surface area (Å²) in [4.78, 5) is 46.4. The highest BCUT2D eigenvalue weighted by atomic mass is 16.2. The van der Waals surface area contributed by atoms with Crippen molar-refractivity contribution in [2.75, 3.05) is 52.4 Å². The lowest BCUT2D eigenvalue weighted by Gasteiger charge is -2.34. The Morgan fingerprint density at radius 3 is 2.32 bits per heavy atom. The van der Waals surface area contributed by atoms with Gasteiger partial charge < -0.3 is 20.0 Å². The summed E-state index contributed by atoms with van der Waals surface area (Å²) in [5.41, 5.74) is 3.28. The van der Waals surface area contributed by atoms with Crippen LogP contribution in [-0.4, -0.2) is 89.8 Å². The molecule has 8 heteroatoms. The Labute approximate surface area is 183 Å². The van der Waals surface area contributed by atoms with Crippen molar-refractivity contribution in [2.24, 2.45) is 0 Å². The van der Waals surface area contributed by atoms with E-state index in [-0.39, 0.29) is 24.4 Å². The summed E-state index contributed by atoms with van der Waals surface area (Å²) in [5.74, 6) is -0.197. The molecular weight excluding hydrogens is 394 g/mol. The zero-order valence-corrected chi connectivity index (χ0v) is 18.6. The van der Waals surface area contributed by atoms with Crippen molar-refractivity contribution in [2.45, 2.75) is 26.8 Å². The van der Waals surface area contributed by atoms with Crippen molar-refractivity contribution in [3.8, 4) is 0 Å². The van der Waals surface area contributed by atoms with Crippen LogP contribution < -0.4 is 5.32 Å². The van der Waals surface area contributed by atoms with E-state index in [1.165, 1.54) is 0 Å². The summed E-state index contributed by atoms with van der Waals surface area (Å²) in [5, 5.41) is 2.98. The SMILES string of the molecule is CCN1CCN(C(=O)CN2CC3=C(C2=O)C(c2ccc(C)cc2)NC(=O)N3CC)CC1. The topological polar surface area (TPSA) is 76.2 Å². The molecule has 4 rings (SSSR count). The Morgan fingerprint density at radius 2 is 1.71 bits per heavy atom. The predicted molar refractivity (Wildman–Crippen MR) is 117 cm³/mol. The molecule has 1 aromatic rings. The molecule has 3 aliphatic rings. The largest absolute Gasteiger partial charge is 0.339 e. The lowest BCUT2D eigenvalue weighted by molar-refractivity contribution is -0.138. The maximum Gasteiger partial charge on any atom is 0.322 e. The molecule has 1 aromatic carbocycles. The number of carbonyl (C=O) groups is 3. The fourth-order valence-electron chi connectivity index (χ4n) is 4.60. The summed E-state index contributed by atoms with van der Waals surface area (Å²) in [7, 11) is 0. The van der Waals surface area contributed by atoms with Crippen LogP contribution in [0.2, 0.25) is 0 Å². The second-order valence-corrected chi connectivity index (χ2v) is 8.37. The van der Waals surface area contributed by atoms with Crippen LogP contribution in [0, 0.1) is 6.92 Å². The highest BCUT2D eigenvalue weighted by Gasteiger charge is 2.44. The highest BCUT2D eigenvalue weighted by molar-refractivity contribution is 6.03. The van der Waals surface area contributed by atoms with Crippen molar-refractivity contribution >= 4 is 17.8 Å². The second kappa shape index (κ2) is 8.70. The number of urea groups is 1. The van der Waals surface area contributed by atoms with Gasteiger partial charge in [0.2, 0.25) is 5.91 Å². The van der Waals surface area contributed by atoms with Gasteiger partial charge in [-0.25, -0.2) is 4.79 Å². The summed E-state index contributed by atoms with van der Waals surface area (Å²) in [6.45, 7) is 10.9. The molecular formula is C23H31N5O3. The van der Waals surface area contributed by atoms with Crippen molar-refractivity contribution in [3.63, 3.8) is 0 Å². The van der Waals surface area contributed by atoms with Gasteiger partial charge in [0.1, 0.15) is 6.54 Å². The first-order valence-corrected chi connectivity index (χ1v) is 11.1. The van der Waals surface area contributed by atoms with E-state index >= 15 is 0 Å². The van der Waals surface area contributed by atoms with Crippen LogP contribution in [0.5, 0.6) is 0 Å². The van der Waals surface area contributed by atoms with Crippen LogP contribution in [0.1, 0.15) is 31.0 Å². The number of nitrogens with zero attached hydrogens (tertiary/aromatic N) is 4. The lowest BCUT2D eigenvalue weighted by Crippen LogP contribution is -2.51. The third-order valence-corrected chi connectivity index (χ3v) is 6.52. The van der Waals surface area contributed by atoms with Crippen LogP contribution >= 0.6 is 0 Å². The standard InChI is InChI=1S/C23H31N5O3/c1-4-25-10-12-26(13-11-25)19(29)15-27-14-18-20(22(27)30)21(24-23(31)28(18)5-2)17-8-6-16(3)7-9-17/h6-9,21H,4-5,10-15H2,1-3H3,(H,24,31). The van der Waals surface area contributed by atoms with Crippen LogP contribution in [0.3, 0.4) is 0 Å². The van der Waals surface area contributed by atoms with Gasteiger partial charge in [-0.2, -0.15) is 0 Å². The van der Waals surface area contributed by atoms with E-state index in [9.17, 15) is 14.4 Å². The van der Waals surface area contributed by atoms with Gasteiger partial charge in [-0.3, -0.25) is 14.5 Å². The number of piperazine rings is 1. The van der Waals surface area contributed by atoms with Gasteiger partial charge >= 0.3 is 6.03 Å². The number of likely N-dealkylation sites (N-methyl/N-ethyl adjacent to an activating group) is 2. The molecule has 0 radical (unpaired) electrons. The number of amides is 4. The van der Waals surface area contributed by atoms with Gasteiger partial charge in [0, 0.05) is 32.7 Å². The minimum Gasteiger partial charge on any atom is -0.339 e. The molecule has 1 atom stereocenters. The van der Waals surface area contributed by atoms with Gasteiger partial charge in [-0.15, -0.1) is 0 Å². The van der Waals surface area contributed by atoms with Gasteiger partial charge in [-0.1, -0.05) is 36.8 Å². The van der Waals surface area contributed by atoms with Gasteiger partial charge in [0.25, 0.3) is 5.91 Å². The molecule has 1 saturated heterocycles. The van der Waals surface area contributed by atoms with Crippen LogP contribution in [0.25, 0.3) is 0 Å². The normalized spacial score (nSPS) is 22.2. The first-order valence-electron chi connectivity index (χ1n) is 11.1. The van der Waals surface area contributed by atoms with E-state index in [0.717, 1.165) is 30.8 Å². The Morgan fingerprint density at radius 1 is 1.03 bits per heavy atom. The van der Waals surface area contributed by atoms with E-state index < -0.39 is 6.04 Å². The van der Waals surface area contributed by atoms with E-state index in [4.69, 9.17) is 0 Å². The Kier molecular flexibility index (Phi) is 6.00. The highest BCUT2D eigenvalue weighted by Crippen LogP contribution is 2.36. The number of nitrogens with one attached hydrogen (secondary N) is 1. The van der Waals surface area contributed by atoms with Crippen LogP contribution in [-0.2, 0) is 9.59 Å². The van der Waals surface area contributed by atoms with E-state index in [1.54, 1.807) is 9.80 Å². The molecule has 8 nitrogen and oxygen atoms in total. The van der Waals surface area contributed by atoms with Crippen LogP contribution in [0.4, 0.5) is 4.79 Å². The average Bonchev–Trinajstić information content (AvgIpc) is 3.09. The van der Waals surface area contributed by atoms with E-state index in [1.807, 2.05) is 43.0 Å². The van der Waals surface area contributed by atoms with Crippen molar-refractivity contribution < 1.29 is 14.4 Å². The Balaban J connectivity index is 1.53. The smallest absolute Gasteiger partial charge is 0.322 e. The number of hydrogen-bond acceptors (Lipinski definition) is 4. The van der Waals surface area contributed by atoms with Crippen molar-refractivity contribution in [1.29, 1.82) is 0 Å². The number of benzene rings is 1.